The second-order valence-corrected chi connectivity index (χ2v) is 5.40. The van der Waals surface area contributed by atoms with Crippen LogP contribution in [0, 0.1) is 23.7 Å². The summed E-state index contributed by atoms with van der Waals surface area (Å²) in [6, 6.07) is 0. The average molecular weight is 210 g/mol. The molecule has 0 aromatic carbocycles. The second kappa shape index (κ2) is 3.46. The molecule has 3 saturated carbocycles. The van der Waals surface area contributed by atoms with Gasteiger partial charge in [-0.2, -0.15) is 0 Å². The Labute approximate surface area is 92.3 Å². The summed E-state index contributed by atoms with van der Waals surface area (Å²) in [5, 5.41) is 0. The number of hydrogen-bond donors (Lipinski definition) is 0. The normalized spacial score (nSPS) is 45.2. The Morgan fingerprint density at radius 3 is 2.33 bits per heavy atom. The molecular weight excluding hydrogens is 188 g/mol. The van der Waals surface area contributed by atoms with Crippen molar-refractivity contribution >= 4 is 0 Å². The van der Waals surface area contributed by atoms with Crippen LogP contribution in [0.25, 0.3) is 0 Å². The minimum Gasteiger partial charge on any atom is -0.350 e. The van der Waals surface area contributed by atoms with E-state index in [0.717, 1.165) is 36.9 Å². The Morgan fingerprint density at radius 1 is 1.07 bits per heavy atom. The lowest BCUT2D eigenvalue weighted by Crippen LogP contribution is -2.59. The lowest BCUT2D eigenvalue weighted by molar-refractivity contribution is -0.337. The van der Waals surface area contributed by atoms with Gasteiger partial charge in [0.25, 0.3) is 0 Å². The highest BCUT2D eigenvalue weighted by Crippen LogP contribution is 2.66. The van der Waals surface area contributed by atoms with Crippen LogP contribution in [0.1, 0.15) is 39.5 Å². The fraction of sp³-hybridized carbons (Fsp3) is 1.00. The van der Waals surface area contributed by atoms with Crippen molar-refractivity contribution in [1.82, 2.24) is 0 Å². The summed E-state index contributed by atoms with van der Waals surface area (Å²) in [5.41, 5.74) is 0. The van der Waals surface area contributed by atoms with E-state index < -0.39 is 0 Å². The van der Waals surface area contributed by atoms with Gasteiger partial charge in [0, 0.05) is 25.6 Å². The molecule has 3 fully saturated rings. The van der Waals surface area contributed by atoms with Gasteiger partial charge in [-0.1, -0.05) is 0 Å². The van der Waals surface area contributed by atoms with E-state index in [1.165, 1.54) is 25.7 Å². The van der Waals surface area contributed by atoms with Crippen LogP contribution >= 0.6 is 0 Å². The third kappa shape index (κ3) is 1.24. The lowest BCUT2D eigenvalue weighted by Gasteiger charge is -2.55. The van der Waals surface area contributed by atoms with E-state index >= 15 is 0 Å². The molecule has 3 aliphatic carbocycles. The molecule has 0 amide bonds. The standard InChI is InChI=1S/C13H22O2/c1-3-14-13(15-4-2)8-11-9-5-6-10(7-9)12(11)13/h9-12H,3-8H2,1-2H3/t9-,10-,11-,12+/m0/s1. The highest BCUT2D eigenvalue weighted by atomic mass is 16.7. The molecule has 0 saturated heterocycles. The maximum Gasteiger partial charge on any atom is 0.171 e. The maximum absolute atomic E-state index is 5.95. The number of hydrogen-bond acceptors (Lipinski definition) is 2. The van der Waals surface area contributed by atoms with Crippen LogP contribution in [0.2, 0.25) is 0 Å². The monoisotopic (exact) mass is 210 g/mol. The zero-order valence-corrected chi connectivity index (χ0v) is 9.87. The Balaban J connectivity index is 1.77. The summed E-state index contributed by atoms with van der Waals surface area (Å²) in [4.78, 5) is 0. The number of rotatable bonds is 4. The smallest absolute Gasteiger partial charge is 0.171 e. The first-order chi connectivity index (χ1) is 7.30. The van der Waals surface area contributed by atoms with Crippen LogP contribution in [0.15, 0.2) is 0 Å². The molecular formula is C13H22O2. The van der Waals surface area contributed by atoms with E-state index in [0.29, 0.717) is 0 Å². The zero-order valence-electron chi connectivity index (χ0n) is 9.87. The van der Waals surface area contributed by atoms with Gasteiger partial charge in [0.05, 0.1) is 0 Å². The molecule has 2 bridgehead atoms. The fourth-order valence-electron chi connectivity index (χ4n) is 4.53. The molecule has 3 aliphatic rings. The van der Waals surface area contributed by atoms with E-state index in [1.807, 2.05) is 0 Å². The van der Waals surface area contributed by atoms with Crippen LogP contribution in [0.3, 0.4) is 0 Å². The minimum atomic E-state index is -0.173. The molecule has 0 aromatic heterocycles. The van der Waals surface area contributed by atoms with E-state index in [-0.39, 0.29) is 5.79 Å². The van der Waals surface area contributed by atoms with Crippen molar-refractivity contribution in [2.75, 3.05) is 13.2 Å². The highest BCUT2D eigenvalue weighted by molar-refractivity contribution is 5.11. The first kappa shape index (κ1) is 10.1. The molecule has 15 heavy (non-hydrogen) atoms. The van der Waals surface area contributed by atoms with Gasteiger partial charge >= 0.3 is 0 Å². The summed E-state index contributed by atoms with van der Waals surface area (Å²) in [6.07, 6.45) is 5.52. The molecule has 4 atom stereocenters. The first-order valence-corrected chi connectivity index (χ1v) is 6.58. The summed E-state index contributed by atoms with van der Waals surface area (Å²) in [5.74, 6) is 3.41. The van der Waals surface area contributed by atoms with Gasteiger partial charge in [0.2, 0.25) is 0 Å². The van der Waals surface area contributed by atoms with Gasteiger partial charge in [-0.15, -0.1) is 0 Å². The molecule has 0 radical (unpaired) electrons. The van der Waals surface area contributed by atoms with Crippen LogP contribution in [0.4, 0.5) is 0 Å². The average Bonchev–Trinajstić information content (AvgIpc) is 2.73. The van der Waals surface area contributed by atoms with Crippen molar-refractivity contribution in [3.05, 3.63) is 0 Å². The molecule has 0 N–H and O–H groups in total. The number of fused-ring (bicyclic) bond motifs is 5. The van der Waals surface area contributed by atoms with Gasteiger partial charge in [-0.3, -0.25) is 0 Å². The van der Waals surface area contributed by atoms with Gasteiger partial charge in [-0.25, -0.2) is 0 Å². The maximum atomic E-state index is 5.95. The molecule has 2 heteroatoms. The summed E-state index contributed by atoms with van der Waals surface area (Å²) < 4.78 is 11.9. The SMILES string of the molecule is CCOC1(OCC)C[C@H]2[C@H]3CC[C@@H](C3)[C@H]21. The summed E-state index contributed by atoms with van der Waals surface area (Å²) >= 11 is 0. The molecule has 0 spiro atoms. The number of ether oxygens (including phenoxy) is 2. The quantitative estimate of drug-likeness (QED) is 0.664. The largest absolute Gasteiger partial charge is 0.350 e. The van der Waals surface area contributed by atoms with E-state index in [2.05, 4.69) is 13.8 Å². The topological polar surface area (TPSA) is 18.5 Å². The fourth-order valence-corrected chi connectivity index (χ4v) is 4.53. The molecule has 0 aromatic rings. The summed E-state index contributed by atoms with van der Waals surface area (Å²) in [6.45, 7) is 5.75. The van der Waals surface area contributed by atoms with Crippen LogP contribution < -0.4 is 0 Å². The predicted octanol–water partition coefficient (Wildman–Crippen LogP) is 2.82. The third-order valence-electron chi connectivity index (χ3n) is 4.89. The minimum absolute atomic E-state index is 0.173. The lowest BCUT2D eigenvalue weighted by atomic mass is 9.61. The molecule has 3 rings (SSSR count). The van der Waals surface area contributed by atoms with Gasteiger partial charge in [-0.05, 0) is 50.9 Å². The second-order valence-electron chi connectivity index (χ2n) is 5.40. The van der Waals surface area contributed by atoms with Crippen LogP contribution in [-0.4, -0.2) is 19.0 Å². The van der Waals surface area contributed by atoms with Crippen molar-refractivity contribution in [3.63, 3.8) is 0 Å². The van der Waals surface area contributed by atoms with Gasteiger partial charge in [0.15, 0.2) is 5.79 Å². The Hall–Kier alpha value is -0.0800. The molecule has 0 heterocycles. The van der Waals surface area contributed by atoms with Crippen molar-refractivity contribution in [1.29, 1.82) is 0 Å². The van der Waals surface area contributed by atoms with Crippen LogP contribution in [0.5, 0.6) is 0 Å². The van der Waals surface area contributed by atoms with E-state index in [9.17, 15) is 0 Å². The third-order valence-corrected chi connectivity index (χ3v) is 4.89. The zero-order chi connectivity index (χ0) is 10.5. The van der Waals surface area contributed by atoms with E-state index in [1.54, 1.807) is 0 Å². The van der Waals surface area contributed by atoms with E-state index in [4.69, 9.17) is 9.47 Å². The van der Waals surface area contributed by atoms with Crippen LogP contribution in [-0.2, 0) is 9.47 Å². The Morgan fingerprint density at radius 2 is 1.73 bits per heavy atom. The molecule has 0 aliphatic heterocycles. The summed E-state index contributed by atoms with van der Waals surface area (Å²) in [7, 11) is 0. The first-order valence-electron chi connectivity index (χ1n) is 6.58. The molecule has 0 unspecified atom stereocenters. The van der Waals surface area contributed by atoms with Gasteiger partial charge in [0.1, 0.15) is 0 Å². The van der Waals surface area contributed by atoms with Gasteiger partial charge < -0.3 is 9.47 Å². The van der Waals surface area contributed by atoms with Crippen molar-refractivity contribution in [2.24, 2.45) is 23.7 Å². The Bertz CT molecular complexity index is 243. The highest BCUT2D eigenvalue weighted by Gasteiger charge is 2.66. The van der Waals surface area contributed by atoms with Crippen molar-refractivity contribution in [3.8, 4) is 0 Å². The predicted molar refractivity (Wildman–Crippen MR) is 58.4 cm³/mol. The van der Waals surface area contributed by atoms with Crippen molar-refractivity contribution < 1.29 is 9.47 Å². The molecule has 2 nitrogen and oxygen atoms in total. The molecule has 86 valence electrons. The van der Waals surface area contributed by atoms with Crippen molar-refractivity contribution in [2.45, 2.75) is 45.3 Å². The Kier molecular flexibility index (Phi) is 2.33.